The second-order valence-electron chi connectivity index (χ2n) is 7.70. The Labute approximate surface area is 169 Å². The van der Waals surface area contributed by atoms with Crippen LogP contribution >= 0.6 is 0 Å². The molecule has 4 heteroatoms. The second-order valence-corrected chi connectivity index (χ2v) is 7.70. The molecular formula is C24H32N2O2. The first-order valence-corrected chi connectivity index (χ1v) is 10.3. The van der Waals surface area contributed by atoms with E-state index in [1.54, 1.807) is 12.0 Å². The average Bonchev–Trinajstić information content (AvgIpc) is 2.77. The smallest absolute Gasteiger partial charge is 0.324 e. The summed E-state index contributed by atoms with van der Waals surface area (Å²) in [5.74, 6) is 0.704. The molecule has 0 aliphatic heterocycles. The Morgan fingerprint density at radius 3 is 2.32 bits per heavy atom. The third-order valence-corrected chi connectivity index (χ3v) is 5.65. The van der Waals surface area contributed by atoms with Gasteiger partial charge in [0, 0.05) is 26.4 Å². The van der Waals surface area contributed by atoms with E-state index in [0.29, 0.717) is 25.6 Å². The van der Waals surface area contributed by atoms with Crippen molar-refractivity contribution >= 4 is 11.7 Å². The Bertz CT molecular complexity index is 724. The highest BCUT2D eigenvalue weighted by atomic mass is 16.5. The van der Waals surface area contributed by atoms with Crippen LogP contribution in [0.3, 0.4) is 0 Å². The first-order valence-electron chi connectivity index (χ1n) is 10.3. The molecule has 150 valence electrons. The van der Waals surface area contributed by atoms with Crippen LogP contribution in [0.15, 0.2) is 54.6 Å². The molecule has 1 aliphatic rings. The second kappa shape index (κ2) is 10.3. The maximum Gasteiger partial charge on any atom is 0.324 e. The van der Waals surface area contributed by atoms with Crippen LogP contribution in [0, 0.1) is 0 Å². The minimum absolute atomic E-state index is 0.0143. The van der Waals surface area contributed by atoms with Gasteiger partial charge in [0.1, 0.15) is 0 Å². The van der Waals surface area contributed by atoms with Crippen molar-refractivity contribution in [2.75, 3.05) is 32.2 Å². The van der Waals surface area contributed by atoms with Gasteiger partial charge in [-0.1, -0.05) is 61.7 Å². The van der Waals surface area contributed by atoms with E-state index in [-0.39, 0.29) is 6.03 Å². The molecule has 3 rings (SSSR count). The van der Waals surface area contributed by atoms with Crippen LogP contribution in [0.5, 0.6) is 0 Å². The van der Waals surface area contributed by atoms with Crippen molar-refractivity contribution in [1.82, 2.24) is 4.90 Å². The Morgan fingerprint density at radius 1 is 1.00 bits per heavy atom. The van der Waals surface area contributed by atoms with Crippen molar-refractivity contribution in [3.63, 3.8) is 0 Å². The van der Waals surface area contributed by atoms with Crippen molar-refractivity contribution in [1.29, 1.82) is 0 Å². The summed E-state index contributed by atoms with van der Waals surface area (Å²) in [4.78, 5) is 16.6. The van der Waals surface area contributed by atoms with Crippen LogP contribution in [-0.4, -0.2) is 38.2 Å². The fourth-order valence-corrected chi connectivity index (χ4v) is 3.92. The quantitative estimate of drug-likeness (QED) is 0.641. The van der Waals surface area contributed by atoms with Crippen LogP contribution in [0.2, 0.25) is 0 Å². The van der Waals surface area contributed by atoms with Gasteiger partial charge in [0.05, 0.1) is 13.2 Å². The summed E-state index contributed by atoms with van der Waals surface area (Å²) >= 11 is 0. The lowest BCUT2D eigenvalue weighted by Crippen LogP contribution is -2.42. The molecule has 0 unspecified atom stereocenters. The summed E-state index contributed by atoms with van der Waals surface area (Å²) in [5, 5.41) is 0. The highest BCUT2D eigenvalue weighted by molar-refractivity contribution is 5.91. The Balaban J connectivity index is 1.74. The number of hydrogen-bond donors (Lipinski definition) is 0. The molecule has 1 saturated carbocycles. The van der Waals surface area contributed by atoms with Gasteiger partial charge in [0.2, 0.25) is 0 Å². The lowest BCUT2D eigenvalue weighted by atomic mass is 9.84. The number of anilines is 1. The summed E-state index contributed by atoms with van der Waals surface area (Å²) < 4.78 is 5.12. The first-order chi connectivity index (χ1) is 13.7. The van der Waals surface area contributed by atoms with Gasteiger partial charge in [-0.25, -0.2) is 4.79 Å². The molecule has 0 radical (unpaired) electrons. The summed E-state index contributed by atoms with van der Waals surface area (Å²) in [6.07, 6.45) is 6.67. The molecule has 0 bridgehead atoms. The number of rotatable bonds is 7. The molecule has 28 heavy (non-hydrogen) atoms. The molecule has 2 amide bonds. The number of likely N-dealkylation sites (N-methyl/N-ethyl adjacent to an activating group) is 1. The fourth-order valence-electron chi connectivity index (χ4n) is 3.92. The molecule has 0 atom stereocenters. The topological polar surface area (TPSA) is 32.8 Å². The number of carbonyl (C=O) groups is 1. The average molecular weight is 381 g/mol. The van der Waals surface area contributed by atoms with Crippen molar-refractivity contribution in [2.45, 2.75) is 44.6 Å². The summed E-state index contributed by atoms with van der Waals surface area (Å²) in [5.41, 5.74) is 3.50. The predicted molar refractivity (Wildman–Crippen MR) is 115 cm³/mol. The standard InChI is InChI=1S/C24H32N2O2/c1-25(17-18-28-2)24(27)26(23-11-7-4-8-12-23)19-20-13-15-22(16-14-20)21-9-5-3-6-10-21/h4,7-8,11-16,21H,3,5-6,9-10,17-19H2,1-2H3. The molecule has 0 saturated heterocycles. The van der Waals surface area contributed by atoms with E-state index >= 15 is 0 Å². The van der Waals surface area contributed by atoms with Gasteiger partial charge in [-0.05, 0) is 42.0 Å². The van der Waals surface area contributed by atoms with Gasteiger partial charge in [0.15, 0.2) is 0 Å². The van der Waals surface area contributed by atoms with E-state index in [9.17, 15) is 4.79 Å². The molecular weight excluding hydrogens is 348 g/mol. The number of para-hydroxylation sites is 1. The summed E-state index contributed by atoms with van der Waals surface area (Å²) in [6.45, 7) is 1.66. The van der Waals surface area contributed by atoms with Crippen molar-refractivity contribution in [2.24, 2.45) is 0 Å². The van der Waals surface area contributed by atoms with Crippen LogP contribution in [0.25, 0.3) is 0 Å². The van der Waals surface area contributed by atoms with Crippen molar-refractivity contribution in [3.05, 3.63) is 65.7 Å². The maximum absolute atomic E-state index is 13.1. The highest BCUT2D eigenvalue weighted by Crippen LogP contribution is 2.32. The number of methoxy groups -OCH3 is 1. The van der Waals surface area contributed by atoms with Gasteiger partial charge >= 0.3 is 6.03 Å². The number of nitrogens with zero attached hydrogens (tertiary/aromatic N) is 2. The molecule has 0 heterocycles. The highest BCUT2D eigenvalue weighted by Gasteiger charge is 2.20. The largest absolute Gasteiger partial charge is 0.383 e. The molecule has 0 aromatic heterocycles. The van der Waals surface area contributed by atoms with Gasteiger partial charge in [-0.15, -0.1) is 0 Å². The van der Waals surface area contributed by atoms with Crippen LogP contribution in [-0.2, 0) is 11.3 Å². The van der Waals surface area contributed by atoms with Gasteiger partial charge in [-0.2, -0.15) is 0 Å². The third kappa shape index (κ3) is 5.35. The van der Waals surface area contributed by atoms with Crippen LogP contribution in [0.1, 0.15) is 49.1 Å². The maximum atomic E-state index is 13.1. The van der Waals surface area contributed by atoms with E-state index in [1.165, 1.54) is 37.7 Å². The summed E-state index contributed by atoms with van der Waals surface area (Å²) in [6, 6.07) is 18.7. The first kappa shape index (κ1) is 20.4. The van der Waals surface area contributed by atoms with E-state index < -0.39 is 0 Å². The zero-order valence-corrected chi connectivity index (χ0v) is 17.1. The molecule has 2 aromatic rings. The molecule has 0 spiro atoms. The van der Waals surface area contributed by atoms with Crippen molar-refractivity contribution in [3.8, 4) is 0 Å². The molecule has 1 aliphatic carbocycles. The van der Waals surface area contributed by atoms with Crippen LogP contribution < -0.4 is 4.90 Å². The lowest BCUT2D eigenvalue weighted by Gasteiger charge is -2.28. The van der Waals surface area contributed by atoms with Crippen LogP contribution in [0.4, 0.5) is 10.5 Å². The van der Waals surface area contributed by atoms with Gasteiger partial charge in [0.25, 0.3) is 0 Å². The predicted octanol–water partition coefficient (Wildman–Crippen LogP) is 5.44. The molecule has 4 nitrogen and oxygen atoms in total. The normalized spacial score (nSPS) is 14.6. The lowest BCUT2D eigenvalue weighted by molar-refractivity contribution is 0.162. The Morgan fingerprint density at radius 2 is 1.68 bits per heavy atom. The minimum atomic E-state index is -0.0143. The number of amides is 2. The SMILES string of the molecule is COCCN(C)C(=O)N(Cc1ccc(C2CCCCC2)cc1)c1ccccc1. The number of carbonyl (C=O) groups excluding carboxylic acids is 1. The number of ether oxygens (including phenoxy) is 1. The van der Waals surface area contributed by atoms with Crippen molar-refractivity contribution < 1.29 is 9.53 Å². The Hall–Kier alpha value is -2.33. The minimum Gasteiger partial charge on any atom is -0.383 e. The van der Waals surface area contributed by atoms with E-state index in [1.807, 2.05) is 42.3 Å². The third-order valence-electron chi connectivity index (χ3n) is 5.65. The van der Waals surface area contributed by atoms with E-state index in [4.69, 9.17) is 4.74 Å². The Kier molecular flexibility index (Phi) is 7.49. The van der Waals surface area contributed by atoms with E-state index in [2.05, 4.69) is 24.3 Å². The summed E-state index contributed by atoms with van der Waals surface area (Å²) in [7, 11) is 3.48. The van der Waals surface area contributed by atoms with Gasteiger partial charge in [-0.3, -0.25) is 4.90 Å². The monoisotopic (exact) mass is 380 g/mol. The zero-order chi connectivity index (χ0) is 19.8. The number of hydrogen-bond acceptors (Lipinski definition) is 2. The molecule has 0 N–H and O–H groups in total. The van der Waals surface area contributed by atoms with Gasteiger partial charge < -0.3 is 9.64 Å². The number of benzene rings is 2. The fraction of sp³-hybridized carbons (Fsp3) is 0.458. The molecule has 2 aromatic carbocycles. The van der Waals surface area contributed by atoms with E-state index in [0.717, 1.165) is 11.3 Å². The zero-order valence-electron chi connectivity index (χ0n) is 17.1. The number of urea groups is 1. The molecule has 1 fully saturated rings.